The quantitative estimate of drug-likeness (QED) is 0.399. The largest absolute Gasteiger partial charge is 0.389 e. The van der Waals surface area contributed by atoms with Crippen molar-refractivity contribution in [3.63, 3.8) is 0 Å². The number of amides is 1. The van der Waals surface area contributed by atoms with Gasteiger partial charge in [-0.25, -0.2) is 0 Å². The van der Waals surface area contributed by atoms with E-state index in [1.807, 2.05) is 56.3 Å². The van der Waals surface area contributed by atoms with Gasteiger partial charge in [-0.05, 0) is 55.2 Å². The first kappa shape index (κ1) is 22.8. The molecule has 1 aromatic heterocycles. The van der Waals surface area contributed by atoms with Crippen LogP contribution in [0.1, 0.15) is 37.0 Å². The second-order valence-electron chi connectivity index (χ2n) is 9.26. The lowest BCUT2D eigenvalue weighted by atomic mass is 9.81. The van der Waals surface area contributed by atoms with E-state index >= 15 is 0 Å². The third-order valence-electron chi connectivity index (χ3n) is 6.96. The van der Waals surface area contributed by atoms with Crippen LogP contribution in [0.3, 0.4) is 0 Å². The molecule has 0 spiro atoms. The van der Waals surface area contributed by atoms with Gasteiger partial charge >= 0.3 is 0 Å². The number of aromatic nitrogens is 1. The number of likely N-dealkylation sites (tertiary alicyclic amines) is 1. The Bertz CT molecular complexity index is 1220. The number of piperidine rings is 1. The van der Waals surface area contributed by atoms with Crippen molar-refractivity contribution in [1.82, 2.24) is 9.88 Å². The fourth-order valence-electron chi connectivity index (χ4n) is 4.58. The van der Waals surface area contributed by atoms with E-state index in [-0.39, 0.29) is 11.8 Å². The Labute approximate surface area is 200 Å². The number of nitrogens with zero attached hydrogens (tertiary/aromatic N) is 2. The van der Waals surface area contributed by atoms with Crippen LogP contribution in [0.4, 0.5) is 5.69 Å². The lowest BCUT2D eigenvalue weighted by Gasteiger charge is -2.40. The molecule has 2 aliphatic rings. The van der Waals surface area contributed by atoms with E-state index in [0.717, 1.165) is 27.8 Å². The topological polar surface area (TPSA) is 95.1 Å². The maximum Gasteiger partial charge on any atom is 0.253 e. The van der Waals surface area contributed by atoms with Gasteiger partial charge in [0.2, 0.25) is 0 Å². The molecule has 0 radical (unpaired) electrons. The minimum absolute atomic E-state index is 0.0360. The van der Waals surface area contributed by atoms with Gasteiger partial charge in [-0.3, -0.25) is 18.8 Å². The Morgan fingerprint density at radius 2 is 1.88 bits per heavy atom. The second-order valence-corrected chi connectivity index (χ2v) is 11.8. The number of aldehydes is 1. The summed E-state index contributed by atoms with van der Waals surface area (Å²) >= 11 is 0. The van der Waals surface area contributed by atoms with Crippen molar-refractivity contribution in [1.29, 1.82) is 0 Å². The molecule has 2 saturated heterocycles. The highest BCUT2D eigenvalue weighted by molar-refractivity contribution is 8.36. The van der Waals surface area contributed by atoms with Crippen LogP contribution in [0.5, 0.6) is 0 Å². The number of aliphatic hydroxyl groups is 1. The summed E-state index contributed by atoms with van der Waals surface area (Å²) in [6.07, 6.45) is 3.74. The lowest BCUT2D eigenvalue weighted by molar-refractivity contribution is -0.108. The molecule has 2 aromatic carbocycles. The Kier molecular flexibility index (Phi) is 5.83. The molecule has 178 valence electrons. The molecule has 2 N–H and O–H groups in total. The van der Waals surface area contributed by atoms with Crippen molar-refractivity contribution in [2.24, 2.45) is 5.92 Å². The number of para-hydroxylation sites is 1. The highest BCUT2D eigenvalue weighted by Gasteiger charge is 2.55. The van der Waals surface area contributed by atoms with Gasteiger partial charge in [0.1, 0.15) is 0 Å². The van der Waals surface area contributed by atoms with Crippen LogP contribution in [0.15, 0.2) is 65.7 Å². The molecule has 0 saturated carbocycles. The smallest absolute Gasteiger partial charge is 0.253 e. The summed E-state index contributed by atoms with van der Waals surface area (Å²) in [5.41, 5.74) is 0.943. The summed E-state index contributed by atoms with van der Waals surface area (Å²) in [4.78, 5) is 31.9. The van der Waals surface area contributed by atoms with E-state index in [4.69, 9.17) is 4.18 Å². The van der Waals surface area contributed by atoms with Crippen LogP contribution in [0, 0.1) is 5.92 Å². The summed E-state index contributed by atoms with van der Waals surface area (Å²) < 4.78 is 9.37. The minimum Gasteiger partial charge on any atom is -0.389 e. The number of carbonyl (C=O) groups is 2. The van der Waals surface area contributed by atoms with E-state index < -0.39 is 21.5 Å². The molecule has 7 nitrogen and oxygen atoms in total. The molecule has 3 aromatic rings. The monoisotopic (exact) mass is 479 g/mol. The molecule has 2 fully saturated rings. The van der Waals surface area contributed by atoms with Crippen LogP contribution in [0.2, 0.25) is 0 Å². The van der Waals surface area contributed by atoms with E-state index in [0.29, 0.717) is 31.5 Å². The summed E-state index contributed by atoms with van der Waals surface area (Å²) in [7, 11) is -2.06. The standard InChI is InChI=1S/C26H29N3O4S/c1-18(2)26(32)12-15-29(16-13-26)25(31)20-8-10-21(11-9-20)28-34(23(17-30)33-34)22-7-3-5-19-6-4-14-27-24(19)22/h3-11,14,17-18,23,28,32H,12-13,15-16H2,1-2H3. The van der Waals surface area contributed by atoms with E-state index in [1.54, 1.807) is 23.2 Å². The number of hydrogen-bond donors (Lipinski definition) is 2. The summed E-state index contributed by atoms with van der Waals surface area (Å²) in [5, 5.41) is 11.7. The number of anilines is 1. The molecular formula is C26H29N3O4S. The Morgan fingerprint density at radius 1 is 1.18 bits per heavy atom. The van der Waals surface area contributed by atoms with Gasteiger partial charge < -0.3 is 14.7 Å². The number of pyridine rings is 1. The zero-order valence-electron chi connectivity index (χ0n) is 19.3. The fourth-order valence-corrected chi connectivity index (χ4v) is 7.12. The van der Waals surface area contributed by atoms with Crippen molar-refractivity contribution in [3.05, 3.63) is 66.4 Å². The molecule has 8 heteroatoms. The van der Waals surface area contributed by atoms with Gasteiger partial charge in [0.15, 0.2) is 11.7 Å². The van der Waals surface area contributed by atoms with Crippen LogP contribution in [-0.2, 0) is 8.98 Å². The SMILES string of the molecule is CC(C)C1(O)CCN(C(=O)c2ccc(NS3(c4cccc5cccnc45)OC3C=O)cc2)CC1. The average molecular weight is 480 g/mol. The molecule has 0 aliphatic carbocycles. The van der Waals surface area contributed by atoms with E-state index in [1.165, 1.54) is 0 Å². The van der Waals surface area contributed by atoms with Crippen molar-refractivity contribution < 1.29 is 18.9 Å². The number of fused-ring (bicyclic) bond motifs is 1. The van der Waals surface area contributed by atoms with Crippen LogP contribution in [-0.4, -0.2) is 51.3 Å². The maximum absolute atomic E-state index is 13.0. The summed E-state index contributed by atoms with van der Waals surface area (Å²) in [6.45, 7) is 5.13. The molecule has 3 heterocycles. The van der Waals surface area contributed by atoms with Gasteiger partial charge in [-0.1, -0.05) is 32.0 Å². The maximum atomic E-state index is 13.0. The Morgan fingerprint density at radius 3 is 2.53 bits per heavy atom. The van der Waals surface area contributed by atoms with Crippen molar-refractivity contribution in [2.75, 3.05) is 17.8 Å². The van der Waals surface area contributed by atoms with Crippen LogP contribution in [0.25, 0.3) is 10.9 Å². The zero-order chi connectivity index (χ0) is 23.9. The fraction of sp³-hybridized carbons (Fsp3) is 0.346. The second kappa shape index (κ2) is 8.69. The minimum atomic E-state index is -2.06. The van der Waals surface area contributed by atoms with Crippen molar-refractivity contribution in [2.45, 2.75) is 42.6 Å². The summed E-state index contributed by atoms with van der Waals surface area (Å²) in [5.74, 6) is 0.132. The van der Waals surface area contributed by atoms with E-state index in [2.05, 4.69) is 9.71 Å². The average Bonchev–Trinajstić information content (AvgIpc) is 3.58. The number of carbonyl (C=O) groups excluding carboxylic acids is 2. The van der Waals surface area contributed by atoms with Gasteiger partial charge in [-0.2, -0.15) is 0 Å². The van der Waals surface area contributed by atoms with Gasteiger partial charge in [0, 0.05) is 46.4 Å². The molecule has 2 unspecified atom stereocenters. The number of nitrogens with one attached hydrogen (secondary N) is 1. The first-order valence-electron chi connectivity index (χ1n) is 11.6. The number of benzene rings is 2. The Balaban J connectivity index is 1.34. The van der Waals surface area contributed by atoms with Crippen molar-refractivity contribution in [3.8, 4) is 0 Å². The molecule has 5 rings (SSSR count). The Hall–Kier alpha value is -2.94. The third-order valence-corrected chi connectivity index (χ3v) is 9.67. The van der Waals surface area contributed by atoms with E-state index in [9.17, 15) is 14.7 Å². The van der Waals surface area contributed by atoms with Crippen LogP contribution >= 0.6 is 10.5 Å². The first-order chi connectivity index (χ1) is 16.4. The van der Waals surface area contributed by atoms with Gasteiger partial charge in [0.05, 0.1) is 16.0 Å². The predicted molar refractivity (Wildman–Crippen MR) is 134 cm³/mol. The van der Waals surface area contributed by atoms with Crippen molar-refractivity contribution >= 4 is 39.3 Å². The lowest BCUT2D eigenvalue weighted by Crippen LogP contribution is -2.49. The number of rotatable bonds is 6. The normalized spacial score (nSPS) is 25.5. The van der Waals surface area contributed by atoms with Crippen LogP contribution < -0.4 is 4.72 Å². The zero-order valence-corrected chi connectivity index (χ0v) is 20.1. The molecule has 2 aliphatic heterocycles. The highest BCUT2D eigenvalue weighted by atomic mass is 32.3. The first-order valence-corrected chi connectivity index (χ1v) is 13.2. The third kappa shape index (κ3) is 3.96. The molecule has 1 amide bonds. The summed E-state index contributed by atoms with van der Waals surface area (Å²) in [6, 6.07) is 17.0. The molecule has 0 bridgehead atoms. The van der Waals surface area contributed by atoms with Gasteiger partial charge in [0.25, 0.3) is 5.91 Å². The number of hydrogen-bond acceptors (Lipinski definition) is 6. The predicted octanol–water partition coefficient (Wildman–Crippen LogP) is 4.52. The molecular weight excluding hydrogens is 450 g/mol. The molecule has 2 atom stereocenters. The molecule has 34 heavy (non-hydrogen) atoms. The van der Waals surface area contributed by atoms with Gasteiger partial charge in [-0.15, -0.1) is 0 Å². The highest BCUT2D eigenvalue weighted by Crippen LogP contribution is 2.74.